The largest absolute Gasteiger partial charge is 0.461 e. The molecule has 2 fully saturated rings. The zero-order chi connectivity index (χ0) is 25.1. The quantitative estimate of drug-likeness (QED) is 0.460. The molecule has 0 spiro atoms. The predicted octanol–water partition coefficient (Wildman–Crippen LogP) is 4.09. The molecule has 1 atom stereocenters. The molecule has 0 amide bonds. The van der Waals surface area contributed by atoms with Gasteiger partial charge in [-0.05, 0) is 82.1 Å². The molecule has 0 unspecified atom stereocenters. The lowest BCUT2D eigenvalue weighted by Gasteiger charge is -2.23. The van der Waals surface area contributed by atoms with Crippen molar-refractivity contribution in [3.63, 3.8) is 0 Å². The molecular weight excluding hydrogens is 456 g/mol. The summed E-state index contributed by atoms with van der Waals surface area (Å²) in [5, 5.41) is 3.31. The molecule has 2 aromatic heterocycles. The average Bonchev–Trinajstić information content (AvgIpc) is 3.52. The Bertz CT molecular complexity index is 1270. The highest BCUT2D eigenvalue weighted by molar-refractivity contribution is 5.81. The van der Waals surface area contributed by atoms with Crippen LogP contribution in [0.25, 0.3) is 22.4 Å². The fourth-order valence-electron chi connectivity index (χ4n) is 5.23. The zero-order valence-electron chi connectivity index (χ0n) is 21.2. The van der Waals surface area contributed by atoms with E-state index in [9.17, 15) is 9.59 Å². The number of hydrogen-bond donors (Lipinski definition) is 2. The van der Waals surface area contributed by atoms with Gasteiger partial charge in [0.1, 0.15) is 18.0 Å². The minimum absolute atomic E-state index is 0.0766. The highest BCUT2D eigenvalue weighted by Gasteiger charge is 2.23. The lowest BCUT2D eigenvalue weighted by molar-refractivity contribution is -0.150. The molecule has 5 rings (SSSR count). The third kappa shape index (κ3) is 5.55. The number of imidazole rings is 1. The molecule has 1 aliphatic carbocycles. The molecule has 8 nitrogen and oxygen atoms in total. The number of pyridine rings is 1. The highest BCUT2D eigenvalue weighted by Crippen LogP contribution is 2.29. The molecular formula is C28H36N4O4. The second kappa shape index (κ2) is 11.0. The predicted molar refractivity (Wildman–Crippen MR) is 139 cm³/mol. The van der Waals surface area contributed by atoms with E-state index in [1.807, 2.05) is 19.9 Å². The van der Waals surface area contributed by atoms with Crippen molar-refractivity contribution < 1.29 is 14.3 Å². The van der Waals surface area contributed by atoms with Crippen LogP contribution in [0.4, 0.5) is 0 Å². The number of nitrogens with zero attached hydrogens (tertiary/aromatic N) is 2. The number of fused-ring (bicyclic) bond motifs is 1. The molecule has 3 aromatic rings. The van der Waals surface area contributed by atoms with E-state index in [-0.39, 0.29) is 23.7 Å². The zero-order valence-corrected chi connectivity index (χ0v) is 21.2. The van der Waals surface area contributed by atoms with Gasteiger partial charge in [-0.2, -0.15) is 0 Å². The first-order chi connectivity index (χ1) is 17.5. The second-order valence-corrected chi connectivity index (χ2v) is 10.3. The summed E-state index contributed by atoms with van der Waals surface area (Å²) in [4.78, 5) is 32.2. The SMILES string of the molecule is Cc1cc(-c2nc3cc(CN[C@@H](C)C(=O)OC4CCCC4)ccc3n2CC2CCOCC2)c[nH]c1=O. The van der Waals surface area contributed by atoms with Crippen LogP contribution >= 0.6 is 0 Å². The smallest absolute Gasteiger partial charge is 0.323 e. The molecule has 36 heavy (non-hydrogen) atoms. The summed E-state index contributed by atoms with van der Waals surface area (Å²) < 4.78 is 13.5. The van der Waals surface area contributed by atoms with Crippen molar-refractivity contribution in [2.24, 2.45) is 5.92 Å². The summed E-state index contributed by atoms with van der Waals surface area (Å²) in [6.07, 6.45) is 8.11. The highest BCUT2D eigenvalue weighted by atomic mass is 16.5. The van der Waals surface area contributed by atoms with E-state index in [2.05, 4.69) is 33.1 Å². The third-order valence-corrected chi connectivity index (χ3v) is 7.49. The minimum atomic E-state index is -0.368. The summed E-state index contributed by atoms with van der Waals surface area (Å²) >= 11 is 0. The van der Waals surface area contributed by atoms with Gasteiger partial charge in [0, 0.05) is 43.6 Å². The van der Waals surface area contributed by atoms with Gasteiger partial charge in [-0.3, -0.25) is 9.59 Å². The van der Waals surface area contributed by atoms with Gasteiger partial charge in [0.25, 0.3) is 5.56 Å². The Balaban J connectivity index is 1.37. The number of aromatic nitrogens is 3. The fraction of sp³-hybridized carbons (Fsp3) is 0.536. The molecule has 8 heteroatoms. The molecule has 0 bridgehead atoms. The van der Waals surface area contributed by atoms with E-state index >= 15 is 0 Å². The molecule has 0 radical (unpaired) electrons. The molecule has 2 aliphatic rings. The Morgan fingerprint density at radius 2 is 2.00 bits per heavy atom. The first kappa shape index (κ1) is 24.7. The number of nitrogens with one attached hydrogen (secondary N) is 2. The lowest BCUT2D eigenvalue weighted by atomic mass is 10.00. The minimum Gasteiger partial charge on any atom is -0.461 e. The molecule has 1 aromatic carbocycles. The summed E-state index contributed by atoms with van der Waals surface area (Å²) in [5.41, 5.74) is 4.51. The van der Waals surface area contributed by atoms with Crippen LogP contribution in [0.1, 0.15) is 56.6 Å². The van der Waals surface area contributed by atoms with Crippen LogP contribution < -0.4 is 10.9 Å². The van der Waals surface area contributed by atoms with Gasteiger partial charge in [-0.25, -0.2) is 4.98 Å². The number of carbonyl (C=O) groups excluding carboxylic acids is 1. The standard InChI is InChI=1S/C28H36N4O4/c1-18-13-22(16-30-27(18)33)26-31-24-14-21(15-29-19(2)28(34)36-23-5-3-4-6-23)7-8-25(24)32(26)17-20-9-11-35-12-10-20/h7-8,13-14,16,19-20,23,29H,3-6,9-12,15,17H2,1-2H3,(H,30,33)/t19-/m0/s1. The molecule has 3 heterocycles. The number of hydrogen-bond acceptors (Lipinski definition) is 6. The van der Waals surface area contributed by atoms with Crippen LogP contribution in [0.2, 0.25) is 0 Å². The number of aromatic amines is 1. The Morgan fingerprint density at radius 1 is 1.22 bits per heavy atom. The third-order valence-electron chi connectivity index (χ3n) is 7.49. The van der Waals surface area contributed by atoms with Crippen molar-refractivity contribution >= 4 is 17.0 Å². The maximum absolute atomic E-state index is 12.4. The van der Waals surface area contributed by atoms with E-state index in [1.54, 1.807) is 6.20 Å². The molecule has 192 valence electrons. The van der Waals surface area contributed by atoms with Crippen LogP contribution in [-0.4, -0.2) is 45.9 Å². The van der Waals surface area contributed by atoms with Gasteiger partial charge in [0.05, 0.1) is 11.0 Å². The van der Waals surface area contributed by atoms with Crippen LogP contribution in [0, 0.1) is 12.8 Å². The van der Waals surface area contributed by atoms with Gasteiger partial charge in [0.2, 0.25) is 0 Å². The van der Waals surface area contributed by atoms with Crippen molar-refractivity contribution in [2.75, 3.05) is 13.2 Å². The Hall–Kier alpha value is -2.97. The van der Waals surface area contributed by atoms with Crippen LogP contribution in [0.5, 0.6) is 0 Å². The number of esters is 1. The van der Waals surface area contributed by atoms with E-state index in [1.165, 1.54) is 0 Å². The molecule has 1 aliphatic heterocycles. The van der Waals surface area contributed by atoms with Gasteiger partial charge in [-0.15, -0.1) is 0 Å². The average molecular weight is 493 g/mol. The van der Waals surface area contributed by atoms with Crippen molar-refractivity contribution in [3.8, 4) is 11.4 Å². The van der Waals surface area contributed by atoms with Crippen molar-refractivity contribution in [3.05, 3.63) is 51.9 Å². The van der Waals surface area contributed by atoms with Crippen LogP contribution in [0.3, 0.4) is 0 Å². The summed E-state index contributed by atoms with van der Waals surface area (Å²) in [5.74, 6) is 1.20. The second-order valence-electron chi connectivity index (χ2n) is 10.3. The monoisotopic (exact) mass is 492 g/mol. The number of benzene rings is 1. The van der Waals surface area contributed by atoms with Crippen LogP contribution in [-0.2, 0) is 27.4 Å². The topological polar surface area (TPSA) is 98.2 Å². The van der Waals surface area contributed by atoms with Gasteiger partial charge in [0.15, 0.2) is 0 Å². The summed E-state index contributed by atoms with van der Waals surface area (Å²) in [6.45, 7) is 6.67. The molecule has 1 saturated carbocycles. The maximum atomic E-state index is 12.4. The van der Waals surface area contributed by atoms with E-state index < -0.39 is 0 Å². The van der Waals surface area contributed by atoms with Crippen molar-refractivity contribution in [2.45, 2.75) is 77.6 Å². The number of aryl methyl sites for hydroxylation is 1. The Kier molecular flexibility index (Phi) is 7.53. The maximum Gasteiger partial charge on any atom is 0.323 e. The van der Waals surface area contributed by atoms with E-state index in [4.69, 9.17) is 14.5 Å². The van der Waals surface area contributed by atoms with Crippen molar-refractivity contribution in [1.29, 1.82) is 0 Å². The fourth-order valence-corrected chi connectivity index (χ4v) is 5.23. The van der Waals surface area contributed by atoms with E-state index in [0.717, 1.165) is 86.3 Å². The van der Waals surface area contributed by atoms with Crippen molar-refractivity contribution in [1.82, 2.24) is 19.9 Å². The van der Waals surface area contributed by atoms with Crippen LogP contribution in [0.15, 0.2) is 35.3 Å². The number of ether oxygens (including phenoxy) is 2. The number of rotatable bonds is 8. The Morgan fingerprint density at radius 3 is 2.75 bits per heavy atom. The van der Waals surface area contributed by atoms with E-state index in [0.29, 0.717) is 18.0 Å². The number of H-pyrrole nitrogens is 1. The molecule has 1 saturated heterocycles. The number of carbonyl (C=O) groups is 1. The van der Waals surface area contributed by atoms with Gasteiger partial charge in [-0.1, -0.05) is 6.07 Å². The van der Waals surface area contributed by atoms with Gasteiger partial charge < -0.3 is 24.3 Å². The lowest BCUT2D eigenvalue weighted by Crippen LogP contribution is -2.36. The summed E-state index contributed by atoms with van der Waals surface area (Å²) in [7, 11) is 0. The summed E-state index contributed by atoms with van der Waals surface area (Å²) in [6, 6.07) is 7.82. The first-order valence-corrected chi connectivity index (χ1v) is 13.2. The normalized spacial score (nSPS) is 18.1. The molecule has 2 N–H and O–H groups in total. The first-order valence-electron chi connectivity index (χ1n) is 13.2. The Labute approximate surface area is 211 Å². The van der Waals surface area contributed by atoms with Gasteiger partial charge >= 0.3 is 5.97 Å².